The third kappa shape index (κ3) is 4.55. The third-order valence-corrected chi connectivity index (χ3v) is 5.56. The van der Waals surface area contributed by atoms with Crippen molar-refractivity contribution in [1.82, 2.24) is 4.57 Å². The number of pyridine rings is 1. The molecule has 1 aromatic heterocycles. The average molecular weight is 458 g/mol. The van der Waals surface area contributed by atoms with Crippen LogP contribution in [-0.4, -0.2) is 26.6 Å². The molecule has 0 aliphatic heterocycles. The van der Waals surface area contributed by atoms with Gasteiger partial charge in [0, 0.05) is 28.2 Å². The zero-order valence-corrected chi connectivity index (χ0v) is 17.4. The molecule has 2 aromatic carbocycles. The van der Waals surface area contributed by atoms with Crippen molar-refractivity contribution in [2.45, 2.75) is 44.0 Å². The Hall–Kier alpha value is -2.58. The molecule has 3 rings (SSSR count). The van der Waals surface area contributed by atoms with E-state index in [0.29, 0.717) is 0 Å². The molecule has 0 aliphatic rings. The lowest BCUT2D eigenvalue weighted by atomic mass is 9.74. The van der Waals surface area contributed by atoms with Gasteiger partial charge in [-0.25, -0.2) is 4.39 Å². The number of phenols is 1. The number of aromatic hydroxyl groups is 1. The van der Waals surface area contributed by atoms with E-state index in [9.17, 15) is 32.6 Å². The Bertz CT molecular complexity index is 1190. The predicted molar refractivity (Wildman–Crippen MR) is 110 cm³/mol. The maximum atomic E-state index is 14.1. The van der Waals surface area contributed by atoms with E-state index in [1.807, 2.05) is 0 Å². The minimum absolute atomic E-state index is 0.0632. The molecule has 0 amide bonds. The van der Waals surface area contributed by atoms with Gasteiger partial charge in [0.1, 0.15) is 11.6 Å². The van der Waals surface area contributed by atoms with Crippen molar-refractivity contribution in [1.29, 1.82) is 0 Å². The molecule has 1 heterocycles. The van der Waals surface area contributed by atoms with Gasteiger partial charge in [-0.1, -0.05) is 25.4 Å². The van der Waals surface area contributed by atoms with E-state index < -0.39 is 41.4 Å². The number of rotatable bonds is 5. The number of hydrogen-bond acceptors (Lipinski definition) is 3. The summed E-state index contributed by atoms with van der Waals surface area (Å²) in [5.41, 5.74) is -5.02. The number of benzene rings is 2. The highest BCUT2D eigenvalue weighted by atomic mass is 35.5. The van der Waals surface area contributed by atoms with Gasteiger partial charge in [-0.15, -0.1) is 0 Å². The number of aromatic nitrogens is 1. The van der Waals surface area contributed by atoms with Crippen LogP contribution in [0.25, 0.3) is 10.9 Å². The SMILES string of the molecule is CC(C)(CC(O)(Cn1ccc(=O)c2cc(Cl)ccc21)C(F)(F)F)c1cc(F)ccc1O. The highest BCUT2D eigenvalue weighted by molar-refractivity contribution is 6.31. The molecule has 0 bridgehead atoms. The molecule has 0 aliphatic carbocycles. The first-order valence-electron chi connectivity index (χ1n) is 9.30. The summed E-state index contributed by atoms with van der Waals surface area (Å²) in [4.78, 5) is 12.1. The van der Waals surface area contributed by atoms with Crippen molar-refractivity contribution in [2.24, 2.45) is 0 Å². The summed E-state index contributed by atoms with van der Waals surface area (Å²) in [6, 6.07) is 8.26. The van der Waals surface area contributed by atoms with E-state index in [0.717, 1.165) is 28.8 Å². The molecular weight excluding hydrogens is 438 g/mol. The van der Waals surface area contributed by atoms with Crippen molar-refractivity contribution in [2.75, 3.05) is 0 Å². The lowest BCUT2D eigenvalue weighted by molar-refractivity contribution is -0.271. The Balaban J connectivity index is 2.09. The van der Waals surface area contributed by atoms with Crippen LogP contribution in [-0.2, 0) is 12.0 Å². The molecule has 4 nitrogen and oxygen atoms in total. The topological polar surface area (TPSA) is 62.5 Å². The summed E-state index contributed by atoms with van der Waals surface area (Å²) >= 11 is 5.90. The number of halogens is 5. The number of hydrogen-bond donors (Lipinski definition) is 2. The lowest BCUT2D eigenvalue weighted by Gasteiger charge is -2.38. The van der Waals surface area contributed by atoms with E-state index in [2.05, 4.69) is 0 Å². The maximum absolute atomic E-state index is 14.1. The van der Waals surface area contributed by atoms with Gasteiger partial charge in [-0.2, -0.15) is 13.2 Å². The molecule has 166 valence electrons. The van der Waals surface area contributed by atoms with E-state index >= 15 is 0 Å². The third-order valence-electron chi connectivity index (χ3n) is 5.32. The van der Waals surface area contributed by atoms with Crippen LogP contribution in [0, 0.1) is 5.82 Å². The van der Waals surface area contributed by atoms with E-state index in [-0.39, 0.29) is 27.2 Å². The molecule has 0 fully saturated rings. The van der Waals surface area contributed by atoms with Gasteiger partial charge in [-0.3, -0.25) is 4.79 Å². The lowest BCUT2D eigenvalue weighted by Crippen LogP contribution is -2.52. The van der Waals surface area contributed by atoms with Crippen LogP contribution in [0.2, 0.25) is 5.02 Å². The Morgan fingerprint density at radius 2 is 1.74 bits per heavy atom. The van der Waals surface area contributed by atoms with Gasteiger partial charge in [-0.05, 0) is 48.2 Å². The van der Waals surface area contributed by atoms with E-state index in [1.54, 1.807) is 0 Å². The normalized spacial score (nSPS) is 14.6. The first-order chi connectivity index (χ1) is 14.2. The summed E-state index contributed by atoms with van der Waals surface area (Å²) in [7, 11) is 0. The smallest absolute Gasteiger partial charge is 0.418 e. The summed E-state index contributed by atoms with van der Waals surface area (Å²) in [5, 5.41) is 21.3. The minimum Gasteiger partial charge on any atom is -0.508 e. The highest BCUT2D eigenvalue weighted by Crippen LogP contribution is 2.44. The Morgan fingerprint density at radius 1 is 1.06 bits per heavy atom. The molecule has 0 saturated carbocycles. The quantitative estimate of drug-likeness (QED) is 0.520. The van der Waals surface area contributed by atoms with Crippen molar-refractivity contribution in [3.63, 3.8) is 0 Å². The molecule has 31 heavy (non-hydrogen) atoms. The fourth-order valence-electron chi connectivity index (χ4n) is 3.83. The summed E-state index contributed by atoms with van der Waals surface area (Å²) in [6.07, 6.45) is -4.77. The van der Waals surface area contributed by atoms with Gasteiger partial charge in [0.05, 0.1) is 12.1 Å². The van der Waals surface area contributed by atoms with Gasteiger partial charge in [0.15, 0.2) is 11.0 Å². The number of nitrogens with zero attached hydrogens (tertiary/aromatic N) is 1. The van der Waals surface area contributed by atoms with Crippen LogP contribution in [0.15, 0.2) is 53.5 Å². The Labute approximate surface area is 180 Å². The first-order valence-corrected chi connectivity index (χ1v) is 9.68. The zero-order chi connectivity index (χ0) is 23.2. The predicted octanol–water partition coefficient (Wildman–Crippen LogP) is 5.16. The highest BCUT2D eigenvalue weighted by Gasteiger charge is 2.56. The van der Waals surface area contributed by atoms with Crippen LogP contribution in [0.5, 0.6) is 5.75 Å². The second kappa shape index (κ2) is 7.84. The molecule has 1 unspecified atom stereocenters. The van der Waals surface area contributed by atoms with Crippen LogP contribution in [0.3, 0.4) is 0 Å². The molecular formula is C22H20ClF4NO3. The Kier molecular flexibility index (Phi) is 5.84. The number of fused-ring (bicyclic) bond motifs is 1. The van der Waals surface area contributed by atoms with Crippen molar-refractivity contribution in [3.05, 3.63) is 75.3 Å². The van der Waals surface area contributed by atoms with Gasteiger partial charge in [0.2, 0.25) is 0 Å². The monoisotopic (exact) mass is 457 g/mol. The molecule has 2 N–H and O–H groups in total. The fraction of sp³-hybridized carbons (Fsp3) is 0.318. The second-order valence-corrected chi connectivity index (χ2v) is 8.66. The minimum atomic E-state index is -5.06. The largest absolute Gasteiger partial charge is 0.508 e. The first kappa shape index (κ1) is 23.1. The number of alkyl halides is 3. The summed E-state index contributed by atoms with van der Waals surface area (Å²) in [6.45, 7) is 1.83. The van der Waals surface area contributed by atoms with Crippen LogP contribution in [0.4, 0.5) is 17.6 Å². The molecule has 0 spiro atoms. The van der Waals surface area contributed by atoms with E-state index in [1.165, 1.54) is 38.2 Å². The van der Waals surface area contributed by atoms with Crippen LogP contribution >= 0.6 is 11.6 Å². The van der Waals surface area contributed by atoms with Gasteiger partial charge < -0.3 is 14.8 Å². The second-order valence-electron chi connectivity index (χ2n) is 8.22. The summed E-state index contributed by atoms with van der Waals surface area (Å²) < 4.78 is 57.1. The van der Waals surface area contributed by atoms with Crippen molar-refractivity contribution in [3.8, 4) is 5.75 Å². The fourth-order valence-corrected chi connectivity index (χ4v) is 4.00. The van der Waals surface area contributed by atoms with E-state index in [4.69, 9.17) is 11.6 Å². The zero-order valence-electron chi connectivity index (χ0n) is 16.7. The number of phenolic OH excluding ortho intramolecular Hbond substituents is 1. The van der Waals surface area contributed by atoms with Gasteiger partial charge >= 0.3 is 6.18 Å². The molecule has 9 heteroatoms. The molecule has 1 atom stereocenters. The molecule has 0 radical (unpaired) electrons. The van der Waals surface area contributed by atoms with Crippen molar-refractivity contribution >= 4 is 22.5 Å². The molecule has 3 aromatic rings. The summed E-state index contributed by atoms with van der Waals surface area (Å²) in [5.74, 6) is -1.10. The van der Waals surface area contributed by atoms with Crippen LogP contribution < -0.4 is 5.43 Å². The average Bonchev–Trinajstić information content (AvgIpc) is 2.65. The maximum Gasteiger partial charge on any atom is 0.418 e. The van der Waals surface area contributed by atoms with Crippen molar-refractivity contribution < 1.29 is 27.8 Å². The number of aliphatic hydroxyl groups is 1. The van der Waals surface area contributed by atoms with Crippen LogP contribution in [0.1, 0.15) is 25.8 Å². The Morgan fingerprint density at radius 3 is 2.39 bits per heavy atom. The molecule has 0 saturated heterocycles. The van der Waals surface area contributed by atoms with Gasteiger partial charge in [0.25, 0.3) is 0 Å². The standard InChI is InChI=1S/C22H20ClF4NO3/c1-20(2,16-10-14(24)4-6-19(16)30)11-21(31,22(25,26)27)12-28-8-7-18(29)15-9-13(23)3-5-17(15)28/h3-10,30-31H,11-12H2,1-2H3.